The van der Waals surface area contributed by atoms with Crippen molar-refractivity contribution < 1.29 is 1.43 Å². The van der Waals surface area contributed by atoms with E-state index in [0.717, 1.165) is 12.1 Å². The molecule has 3 nitrogen and oxygen atoms in total. The molecule has 0 saturated heterocycles. The molecule has 21 heavy (non-hydrogen) atoms. The first-order valence-electron chi connectivity index (χ1n) is 7.58. The quantitative estimate of drug-likeness (QED) is 0.861. The maximum absolute atomic E-state index is 4.35. The number of anilines is 1. The van der Waals surface area contributed by atoms with Crippen molar-refractivity contribution in [2.45, 2.75) is 40.5 Å². The minimum atomic E-state index is 0. The molecule has 0 unspecified atom stereocenters. The van der Waals surface area contributed by atoms with E-state index in [0.29, 0.717) is 11.9 Å². The molecule has 2 aromatic rings. The molecule has 0 radical (unpaired) electrons. The van der Waals surface area contributed by atoms with E-state index >= 15 is 0 Å². The van der Waals surface area contributed by atoms with Gasteiger partial charge in [0.15, 0.2) is 0 Å². The topological polar surface area (TPSA) is 37.8 Å². The minimum Gasteiger partial charge on any atom is -0.355 e. The Morgan fingerprint density at radius 2 is 1.81 bits per heavy atom. The van der Waals surface area contributed by atoms with Crippen LogP contribution in [0.5, 0.6) is 0 Å². The minimum absolute atomic E-state index is 0. The van der Waals surface area contributed by atoms with E-state index in [2.05, 4.69) is 67.2 Å². The second-order valence-electron chi connectivity index (χ2n) is 6.54. The summed E-state index contributed by atoms with van der Waals surface area (Å²) in [6.07, 6.45) is 3.76. The van der Waals surface area contributed by atoms with Gasteiger partial charge in [-0.2, -0.15) is 0 Å². The summed E-state index contributed by atoms with van der Waals surface area (Å²) in [5.74, 6) is 1.18. The van der Waals surface area contributed by atoms with E-state index in [-0.39, 0.29) is 6.84 Å². The molecule has 1 aromatic heterocycles. The van der Waals surface area contributed by atoms with Crippen molar-refractivity contribution in [3.8, 4) is 11.1 Å². The summed E-state index contributed by atoms with van der Waals surface area (Å²) < 4.78 is 0. The summed E-state index contributed by atoms with van der Waals surface area (Å²) in [6, 6.07) is 8.68. The van der Waals surface area contributed by atoms with Crippen molar-refractivity contribution in [1.82, 2.24) is 9.97 Å². The second-order valence-corrected chi connectivity index (χ2v) is 6.54. The zero-order chi connectivity index (χ0) is 15.5. The highest BCUT2D eigenvalue weighted by Crippen LogP contribution is 2.35. The summed E-state index contributed by atoms with van der Waals surface area (Å²) in [4.78, 5) is 8.69. The van der Waals surface area contributed by atoms with Gasteiger partial charge in [0.1, 0.15) is 0 Å². The first kappa shape index (κ1) is 15.5. The third kappa shape index (κ3) is 3.81. The van der Waals surface area contributed by atoms with Crippen molar-refractivity contribution in [3.05, 3.63) is 42.2 Å². The van der Waals surface area contributed by atoms with E-state index < -0.39 is 0 Å². The summed E-state index contributed by atoms with van der Waals surface area (Å²) >= 11 is 0. The summed E-state index contributed by atoms with van der Waals surface area (Å²) in [5, 5.41) is 3.11. The van der Waals surface area contributed by atoms with E-state index in [1.807, 2.05) is 19.3 Å². The molecule has 0 spiro atoms. The van der Waals surface area contributed by atoms with Gasteiger partial charge in [0.05, 0.1) is 0 Å². The maximum atomic E-state index is 4.35. The van der Waals surface area contributed by atoms with Crippen molar-refractivity contribution in [2.75, 3.05) is 11.9 Å². The first-order valence-corrected chi connectivity index (χ1v) is 7.58. The van der Waals surface area contributed by atoms with Gasteiger partial charge in [0.25, 0.3) is 0 Å². The average molecular weight is 285 g/mol. The number of hydrogen-bond acceptors (Lipinski definition) is 3. The molecule has 114 valence electrons. The molecular formula is C18H27N3. The average Bonchev–Trinajstić information content (AvgIpc) is 2.47. The van der Waals surface area contributed by atoms with Gasteiger partial charge in [0, 0.05) is 25.9 Å². The maximum Gasteiger partial charge on any atom is 0.222 e. The molecule has 1 atom stereocenters. The number of aromatic nitrogens is 2. The molecule has 0 amide bonds. The lowest BCUT2D eigenvalue weighted by Gasteiger charge is -2.28. The largest absolute Gasteiger partial charge is 0.355 e. The monoisotopic (exact) mass is 285 g/mol. The van der Waals surface area contributed by atoms with E-state index in [1.54, 1.807) is 0 Å². The van der Waals surface area contributed by atoms with Crippen LogP contribution in [-0.2, 0) is 0 Å². The predicted molar refractivity (Wildman–Crippen MR) is 91.6 cm³/mol. The van der Waals surface area contributed by atoms with Gasteiger partial charge in [-0.05, 0) is 29.4 Å². The zero-order valence-electron chi connectivity index (χ0n) is 13.6. The first-order chi connectivity index (χ1) is 9.91. The number of rotatable bonds is 4. The Bertz CT molecular complexity index is 588. The summed E-state index contributed by atoms with van der Waals surface area (Å²) in [6.45, 7) is 12.0. The molecule has 2 rings (SSSR count). The Morgan fingerprint density at radius 3 is 2.38 bits per heavy atom. The molecule has 0 saturated carbocycles. The van der Waals surface area contributed by atoms with Gasteiger partial charge in [-0.3, -0.25) is 0 Å². The van der Waals surface area contributed by atoms with Gasteiger partial charge in [-0.1, -0.05) is 52.0 Å². The lowest BCUT2D eigenvalue weighted by atomic mass is 9.77. The highest BCUT2D eigenvalue weighted by atomic mass is 15.1. The van der Waals surface area contributed by atoms with Crippen molar-refractivity contribution >= 4 is 5.95 Å². The van der Waals surface area contributed by atoms with Crippen LogP contribution in [0.25, 0.3) is 11.1 Å². The predicted octanol–water partition coefficient (Wildman–Crippen LogP) is 4.97. The fraction of sp³-hybridized carbons (Fsp3) is 0.444. The van der Waals surface area contributed by atoms with Gasteiger partial charge in [-0.25, -0.2) is 9.97 Å². The highest BCUT2D eigenvalue weighted by Gasteiger charge is 2.21. The van der Waals surface area contributed by atoms with Crippen LogP contribution >= 0.6 is 0 Å². The Labute approximate surface area is 129 Å². The number of hydrogen-bond donors (Lipinski definition) is 1. The van der Waals surface area contributed by atoms with Gasteiger partial charge >= 0.3 is 0 Å². The van der Waals surface area contributed by atoms with Crippen molar-refractivity contribution in [1.29, 1.82) is 0 Å². The molecular weight excluding hydrogens is 258 g/mol. The van der Waals surface area contributed by atoms with Crippen LogP contribution < -0.4 is 5.32 Å². The zero-order valence-corrected chi connectivity index (χ0v) is 13.6. The molecule has 0 aliphatic heterocycles. The normalized spacial score (nSPS) is 13.0. The van der Waals surface area contributed by atoms with Gasteiger partial charge in [-0.15, -0.1) is 0 Å². The van der Waals surface area contributed by atoms with Crippen LogP contribution in [0.1, 0.15) is 47.5 Å². The Balaban J connectivity index is 0.00000242. The van der Waals surface area contributed by atoms with Crippen molar-refractivity contribution in [2.24, 2.45) is 5.41 Å². The van der Waals surface area contributed by atoms with E-state index in [9.17, 15) is 0 Å². The third-order valence-electron chi connectivity index (χ3n) is 4.01. The van der Waals surface area contributed by atoms with Crippen LogP contribution in [0.15, 0.2) is 36.7 Å². The fourth-order valence-electron chi connectivity index (χ4n) is 2.21. The highest BCUT2D eigenvalue weighted by molar-refractivity contribution is 5.63. The number of benzene rings is 1. The SMILES string of the molecule is CCNc1ncc(-c2cccc([C@H](C)C(C)(C)C)c2)cn1.[HH]. The van der Waals surface area contributed by atoms with Crippen LogP contribution in [0.3, 0.4) is 0 Å². The molecule has 1 aromatic carbocycles. The fourth-order valence-corrected chi connectivity index (χ4v) is 2.21. The van der Waals surface area contributed by atoms with E-state index in [1.165, 1.54) is 11.1 Å². The summed E-state index contributed by atoms with van der Waals surface area (Å²) in [5.41, 5.74) is 3.84. The van der Waals surface area contributed by atoms with E-state index in [4.69, 9.17) is 0 Å². The lowest BCUT2D eigenvalue weighted by molar-refractivity contribution is 0.339. The van der Waals surface area contributed by atoms with Gasteiger partial charge < -0.3 is 5.32 Å². The number of nitrogens with one attached hydrogen (secondary N) is 1. The van der Waals surface area contributed by atoms with Crippen LogP contribution in [-0.4, -0.2) is 16.5 Å². The van der Waals surface area contributed by atoms with Crippen LogP contribution in [0.4, 0.5) is 5.95 Å². The Hall–Kier alpha value is -1.90. The molecule has 1 heterocycles. The van der Waals surface area contributed by atoms with Crippen molar-refractivity contribution in [3.63, 3.8) is 0 Å². The molecule has 0 aliphatic carbocycles. The molecule has 0 aliphatic rings. The molecule has 3 heteroatoms. The summed E-state index contributed by atoms with van der Waals surface area (Å²) in [7, 11) is 0. The third-order valence-corrected chi connectivity index (χ3v) is 4.01. The molecule has 0 fully saturated rings. The smallest absolute Gasteiger partial charge is 0.222 e. The number of nitrogens with zero attached hydrogens (tertiary/aromatic N) is 2. The van der Waals surface area contributed by atoms with Crippen LogP contribution in [0, 0.1) is 5.41 Å². The Morgan fingerprint density at radius 1 is 1.14 bits per heavy atom. The van der Waals surface area contributed by atoms with Gasteiger partial charge in [0.2, 0.25) is 5.95 Å². The molecule has 0 bridgehead atoms. The van der Waals surface area contributed by atoms with Crippen LogP contribution in [0.2, 0.25) is 0 Å². The molecule has 1 N–H and O–H groups in total. The standard InChI is InChI=1S/C18H25N3.H2/c1-6-19-17-20-11-16(12-21-17)15-9-7-8-14(10-15)13(2)18(3,4)5;/h7-13H,6H2,1-5H3,(H,19,20,21);1H/t13-;/m0./s1. The second kappa shape index (κ2) is 6.25. The lowest BCUT2D eigenvalue weighted by Crippen LogP contribution is -2.15. The Kier molecular flexibility index (Phi) is 4.61.